The number of halogens is 1. The summed E-state index contributed by atoms with van der Waals surface area (Å²) < 4.78 is 24.0. The fourth-order valence-corrected chi connectivity index (χ4v) is 3.79. The SMILES string of the molecule is COCCCN1C(=O)c2[nH]nc(-c3cccc(OC)c3)c2C1c1ccc(F)cc1. The molecule has 1 atom stereocenters. The predicted molar refractivity (Wildman–Crippen MR) is 106 cm³/mol. The molecule has 0 bridgehead atoms. The van der Waals surface area contributed by atoms with Gasteiger partial charge < -0.3 is 14.4 Å². The molecule has 1 aromatic heterocycles. The number of aromatic nitrogens is 2. The van der Waals surface area contributed by atoms with Gasteiger partial charge in [-0.25, -0.2) is 4.39 Å². The second kappa shape index (κ2) is 8.05. The van der Waals surface area contributed by atoms with Gasteiger partial charge in [0.1, 0.15) is 17.3 Å². The zero-order valence-corrected chi connectivity index (χ0v) is 16.3. The predicted octanol–water partition coefficient (Wildman–Crippen LogP) is 3.81. The number of carbonyl (C=O) groups excluding carboxylic acids is 1. The minimum atomic E-state index is -0.352. The van der Waals surface area contributed by atoms with Crippen LogP contribution in [0.5, 0.6) is 5.75 Å². The molecule has 1 unspecified atom stereocenters. The van der Waals surface area contributed by atoms with Crippen molar-refractivity contribution in [1.82, 2.24) is 15.1 Å². The van der Waals surface area contributed by atoms with Crippen molar-refractivity contribution in [3.63, 3.8) is 0 Å². The van der Waals surface area contributed by atoms with E-state index in [2.05, 4.69) is 10.2 Å². The van der Waals surface area contributed by atoms with E-state index < -0.39 is 0 Å². The molecule has 1 aliphatic heterocycles. The maximum absolute atomic E-state index is 13.5. The van der Waals surface area contributed by atoms with Crippen molar-refractivity contribution in [3.05, 3.63) is 71.2 Å². The van der Waals surface area contributed by atoms with E-state index in [1.165, 1.54) is 12.1 Å². The molecular formula is C22H22FN3O3. The molecule has 0 fully saturated rings. The normalized spacial score (nSPS) is 15.6. The molecular weight excluding hydrogens is 373 g/mol. The summed E-state index contributed by atoms with van der Waals surface area (Å²) in [6.45, 7) is 1.07. The van der Waals surface area contributed by atoms with Crippen molar-refractivity contribution in [3.8, 4) is 17.0 Å². The van der Waals surface area contributed by atoms with Crippen LogP contribution in [0.1, 0.15) is 34.1 Å². The van der Waals surface area contributed by atoms with Crippen LogP contribution in [-0.2, 0) is 4.74 Å². The van der Waals surface area contributed by atoms with E-state index in [0.717, 1.165) is 16.7 Å². The maximum atomic E-state index is 13.5. The smallest absolute Gasteiger partial charge is 0.273 e. The Morgan fingerprint density at radius 3 is 2.69 bits per heavy atom. The van der Waals surface area contributed by atoms with Crippen LogP contribution in [0, 0.1) is 5.82 Å². The molecule has 2 aromatic carbocycles. The van der Waals surface area contributed by atoms with Crippen molar-refractivity contribution in [2.24, 2.45) is 0 Å². The van der Waals surface area contributed by atoms with Crippen LogP contribution in [0.4, 0.5) is 4.39 Å². The number of fused-ring (bicyclic) bond motifs is 1. The number of aromatic amines is 1. The zero-order valence-electron chi connectivity index (χ0n) is 16.3. The van der Waals surface area contributed by atoms with Crippen LogP contribution in [0.15, 0.2) is 48.5 Å². The van der Waals surface area contributed by atoms with E-state index in [1.54, 1.807) is 31.3 Å². The number of nitrogens with zero attached hydrogens (tertiary/aromatic N) is 2. The van der Waals surface area contributed by atoms with Gasteiger partial charge in [0.25, 0.3) is 5.91 Å². The first-order chi connectivity index (χ1) is 14.1. The van der Waals surface area contributed by atoms with Crippen LogP contribution >= 0.6 is 0 Å². The molecule has 3 aromatic rings. The monoisotopic (exact) mass is 395 g/mol. The van der Waals surface area contributed by atoms with Gasteiger partial charge in [0.15, 0.2) is 0 Å². The molecule has 2 heterocycles. The summed E-state index contributed by atoms with van der Waals surface area (Å²) in [6, 6.07) is 13.5. The van der Waals surface area contributed by atoms with Gasteiger partial charge in [-0.2, -0.15) is 5.10 Å². The Balaban J connectivity index is 1.81. The Labute approximate surface area is 168 Å². The van der Waals surface area contributed by atoms with Gasteiger partial charge in [-0.3, -0.25) is 9.89 Å². The molecule has 1 aliphatic rings. The van der Waals surface area contributed by atoms with Gasteiger partial charge in [0.05, 0.1) is 18.8 Å². The molecule has 0 spiro atoms. The molecule has 7 heteroatoms. The lowest BCUT2D eigenvalue weighted by atomic mass is 9.96. The lowest BCUT2D eigenvalue weighted by Crippen LogP contribution is -2.31. The lowest BCUT2D eigenvalue weighted by Gasteiger charge is -2.26. The molecule has 1 amide bonds. The third-order valence-corrected chi connectivity index (χ3v) is 5.14. The highest BCUT2D eigenvalue weighted by Gasteiger charge is 2.41. The topological polar surface area (TPSA) is 67.5 Å². The van der Waals surface area contributed by atoms with Gasteiger partial charge in [0.2, 0.25) is 0 Å². The van der Waals surface area contributed by atoms with E-state index in [0.29, 0.717) is 36.7 Å². The van der Waals surface area contributed by atoms with Crippen LogP contribution in [-0.4, -0.2) is 48.4 Å². The molecule has 0 radical (unpaired) electrons. The number of ether oxygens (including phenoxy) is 2. The van der Waals surface area contributed by atoms with Crippen molar-refractivity contribution >= 4 is 5.91 Å². The molecule has 0 saturated carbocycles. The fraction of sp³-hybridized carbons (Fsp3) is 0.273. The Bertz CT molecular complexity index is 1020. The zero-order chi connectivity index (χ0) is 20.4. The first-order valence-electron chi connectivity index (χ1n) is 9.42. The maximum Gasteiger partial charge on any atom is 0.273 e. The minimum absolute atomic E-state index is 0.118. The van der Waals surface area contributed by atoms with Crippen molar-refractivity contribution < 1.29 is 18.7 Å². The van der Waals surface area contributed by atoms with Gasteiger partial charge in [-0.15, -0.1) is 0 Å². The Morgan fingerprint density at radius 2 is 1.97 bits per heavy atom. The third kappa shape index (κ3) is 3.49. The molecule has 0 saturated heterocycles. The Kier molecular flexibility index (Phi) is 5.31. The minimum Gasteiger partial charge on any atom is -0.497 e. The number of carbonyl (C=O) groups is 1. The van der Waals surface area contributed by atoms with Crippen LogP contribution in [0.2, 0.25) is 0 Å². The summed E-state index contributed by atoms with van der Waals surface area (Å²) in [6.07, 6.45) is 0.701. The fourth-order valence-electron chi connectivity index (χ4n) is 3.79. The molecule has 4 rings (SSSR count). The molecule has 1 N–H and O–H groups in total. The first-order valence-corrected chi connectivity index (χ1v) is 9.42. The highest BCUT2D eigenvalue weighted by molar-refractivity contribution is 6.00. The largest absolute Gasteiger partial charge is 0.497 e. The van der Waals surface area contributed by atoms with E-state index >= 15 is 0 Å². The average Bonchev–Trinajstić information content (AvgIpc) is 3.29. The highest BCUT2D eigenvalue weighted by atomic mass is 19.1. The second-order valence-corrected chi connectivity index (χ2v) is 6.89. The summed E-state index contributed by atoms with van der Waals surface area (Å²) in [5.41, 5.74) is 3.64. The number of rotatable bonds is 7. The quantitative estimate of drug-likeness (QED) is 0.618. The third-order valence-electron chi connectivity index (χ3n) is 5.14. The number of nitrogens with one attached hydrogen (secondary N) is 1. The average molecular weight is 395 g/mol. The second-order valence-electron chi connectivity index (χ2n) is 6.89. The van der Waals surface area contributed by atoms with E-state index in [1.807, 2.05) is 24.3 Å². The van der Waals surface area contributed by atoms with Gasteiger partial charge in [0, 0.05) is 31.4 Å². The highest BCUT2D eigenvalue weighted by Crippen LogP contribution is 2.43. The summed E-state index contributed by atoms with van der Waals surface area (Å²) in [7, 11) is 3.24. The van der Waals surface area contributed by atoms with Crippen LogP contribution < -0.4 is 4.74 Å². The van der Waals surface area contributed by atoms with Crippen LogP contribution in [0.3, 0.4) is 0 Å². The van der Waals surface area contributed by atoms with Crippen molar-refractivity contribution in [2.45, 2.75) is 12.5 Å². The summed E-state index contributed by atoms with van der Waals surface area (Å²) >= 11 is 0. The summed E-state index contributed by atoms with van der Waals surface area (Å²) in [5.74, 6) is 0.273. The lowest BCUT2D eigenvalue weighted by molar-refractivity contribution is 0.0723. The summed E-state index contributed by atoms with van der Waals surface area (Å²) in [5, 5.41) is 7.35. The van der Waals surface area contributed by atoms with E-state index in [4.69, 9.17) is 9.47 Å². The van der Waals surface area contributed by atoms with E-state index in [-0.39, 0.29) is 17.8 Å². The molecule has 6 nitrogen and oxygen atoms in total. The Hall–Kier alpha value is -3.19. The van der Waals surface area contributed by atoms with Gasteiger partial charge in [-0.1, -0.05) is 24.3 Å². The van der Waals surface area contributed by atoms with Gasteiger partial charge in [-0.05, 0) is 36.2 Å². The molecule has 0 aliphatic carbocycles. The number of benzene rings is 2. The van der Waals surface area contributed by atoms with Gasteiger partial charge >= 0.3 is 0 Å². The number of H-pyrrole nitrogens is 1. The molecule has 29 heavy (non-hydrogen) atoms. The number of hydrogen-bond donors (Lipinski definition) is 1. The number of hydrogen-bond acceptors (Lipinski definition) is 4. The molecule has 150 valence electrons. The number of amides is 1. The van der Waals surface area contributed by atoms with Crippen molar-refractivity contribution in [2.75, 3.05) is 27.4 Å². The van der Waals surface area contributed by atoms with Crippen LogP contribution in [0.25, 0.3) is 11.3 Å². The standard InChI is InChI=1S/C22H22FN3O3/c1-28-12-4-11-26-21(14-7-9-16(23)10-8-14)18-19(24-25-20(18)22(26)27)15-5-3-6-17(13-15)29-2/h3,5-10,13,21H,4,11-12H2,1-2H3,(H,24,25). The van der Waals surface area contributed by atoms with Crippen molar-refractivity contribution in [1.29, 1.82) is 0 Å². The Morgan fingerprint density at radius 1 is 1.17 bits per heavy atom. The first kappa shape index (κ1) is 19.1. The van der Waals surface area contributed by atoms with E-state index in [9.17, 15) is 9.18 Å². The number of methoxy groups -OCH3 is 2. The summed E-state index contributed by atoms with van der Waals surface area (Å²) in [4.78, 5) is 14.9.